The van der Waals surface area contributed by atoms with Gasteiger partial charge in [-0.05, 0) is 48.5 Å². The average molecular weight is 368 g/mol. The molecule has 0 amide bonds. The first-order valence-corrected chi connectivity index (χ1v) is 8.64. The van der Waals surface area contributed by atoms with Crippen LogP contribution in [0.2, 0.25) is 5.02 Å². The lowest BCUT2D eigenvalue weighted by Crippen LogP contribution is -2.23. The van der Waals surface area contributed by atoms with E-state index < -0.39 is 15.8 Å². The molecule has 0 unspecified atom stereocenters. The molecule has 0 fully saturated rings. The minimum Gasteiger partial charge on any atom is -0.419 e. The molecule has 9 heteroatoms. The topological polar surface area (TPSA) is 85.1 Å². The highest BCUT2D eigenvalue weighted by Crippen LogP contribution is 2.20. The Morgan fingerprint density at radius 2 is 1.71 bits per heavy atom. The fraction of sp³-hybridized carbons (Fsp3) is 0.0667. The maximum absolute atomic E-state index is 12.9. The van der Waals surface area contributed by atoms with Gasteiger partial charge in [0, 0.05) is 10.6 Å². The Balaban J connectivity index is 1.71. The van der Waals surface area contributed by atoms with E-state index in [0.29, 0.717) is 10.6 Å². The third-order valence-electron chi connectivity index (χ3n) is 3.10. The molecule has 0 aliphatic heterocycles. The van der Waals surface area contributed by atoms with E-state index in [-0.39, 0.29) is 23.2 Å². The molecule has 0 saturated heterocycles. The highest BCUT2D eigenvalue weighted by atomic mass is 35.5. The number of rotatable bonds is 5. The zero-order valence-electron chi connectivity index (χ0n) is 12.1. The predicted molar refractivity (Wildman–Crippen MR) is 85.2 cm³/mol. The maximum Gasteiger partial charge on any atom is 0.247 e. The third kappa shape index (κ3) is 3.78. The number of halogens is 2. The van der Waals surface area contributed by atoms with E-state index >= 15 is 0 Å². The normalized spacial score (nSPS) is 11.6. The summed E-state index contributed by atoms with van der Waals surface area (Å²) >= 11 is 5.81. The highest BCUT2D eigenvalue weighted by Gasteiger charge is 2.16. The number of nitrogens with one attached hydrogen (secondary N) is 1. The van der Waals surface area contributed by atoms with Crippen molar-refractivity contribution in [3.05, 3.63) is 65.3 Å². The van der Waals surface area contributed by atoms with Gasteiger partial charge < -0.3 is 4.42 Å². The van der Waals surface area contributed by atoms with Gasteiger partial charge in [0.2, 0.25) is 21.8 Å². The molecule has 1 N–H and O–H groups in total. The summed E-state index contributed by atoms with van der Waals surface area (Å²) in [5.74, 6) is -0.160. The Morgan fingerprint density at radius 1 is 1.04 bits per heavy atom. The summed E-state index contributed by atoms with van der Waals surface area (Å²) in [6.07, 6.45) is 0. The van der Waals surface area contributed by atoms with Crippen molar-refractivity contribution in [3.63, 3.8) is 0 Å². The van der Waals surface area contributed by atoms with Gasteiger partial charge in [-0.25, -0.2) is 17.5 Å². The minimum atomic E-state index is -3.80. The van der Waals surface area contributed by atoms with E-state index in [2.05, 4.69) is 14.9 Å². The van der Waals surface area contributed by atoms with Crippen molar-refractivity contribution in [1.82, 2.24) is 14.9 Å². The monoisotopic (exact) mass is 367 g/mol. The Morgan fingerprint density at radius 3 is 2.38 bits per heavy atom. The van der Waals surface area contributed by atoms with Crippen LogP contribution in [-0.2, 0) is 16.6 Å². The van der Waals surface area contributed by atoms with Crippen molar-refractivity contribution in [1.29, 1.82) is 0 Å². The molecule has 0 aliphatic carbocycles. The Labute approximate surface area is 142 Å². The van der Waals surface area contributed by atoms with Gasteiger partial charge in [0.1, 0.15) is 5.82 Å². The second kappa shape index (κ2) is 6.68. The lowest BCUT2D eigenvalue weighted by atomic mass is 10.2. The van der Waals surface area contributed by atoms with E-state index in [0.717, 1.165) is 12.1 Å². The first kappa shape index (κ1) is 16.6. The molecule has 24 heavy (non-hydrogen) atoms. The molecule has 1 aromatic heterocycles. The molecule has 0 saturated carbocycles. The summed E-state index contributed by atoms with van der Waals surface area (Å²) in [5.41, 5.74) is 0.666. The molecule has 0 atom stereocenters. The second-order valence-electron chi connectivity index (χ2n) is 4.79. The number of hydrogen-bond acceptors (Lipinski definition) is 5. The average Bonchev–Trinajstić information content (AvgIpc) is 3.03. The van der Waals surface area contributed by atoms with Gasteiger partial charge in [0.15, 0.2) is 0 Å². The van der Waals surface area contributed by atoms with Crippen LogP contribution in [0, 0.1) is 5.82 Å². The van der Waals surface area contributed by atoms with Crippen molar-refractivity contribution in [2.24, 2.45) is 0 Å². The fourth-order valence-corrected chi connectivity index (χ4v) is 2.99. The molecule has 124 valence electrons. The van der Waals surface area contributed by atoms with Crippen molar-refractivity contribution < 1.29 is 17.2 Å². The summed E-state index contributed by atoms with van der Waals surface area (Å²) in [7, 11) is -3.80. The van der Waals surface area contributed by atoms with Crippen LogP contribution in [0.25, 0.3) is 11.5 Å². The maximum atomic E-state index is 12.9. The minimum absolute atomic E-state index is 0.0543. The smallest absolute Gasteiger partial charge is 0.247 e. The molecule has 0 aliphatic rings. The molecule has 3 aromatic rings. The summed E-state index contributed by atoms with van der Waals surface area (Å²) < 4.78 is 44.8. The molecule has 3 rings (SSSR count). The molecule has 2 aromatic carbocycles. The van der Waals surface area contributed by atoms with Gasteiger partial charge in [-0.15, -0.1) is 10.2 Å². The zero-order valence-corrected chi connectivity index (χ0v) is 13.7. The molecule has 0 spiro atoms. The fourth-order valence-electron chi connectivity index (χ4n) is 1.89. The largest absolute Gasteiger partial charge is 0.419 e. The highest BCUT2D eigenvalue weighted by molar-refractivity contribution is 7.89. The molecule has 1 heterocycles. The van der Waals surface area contributed by atoms with Crippen LogP contribution in [0.15, 0.2) is 57.8 Å². The van der Waals surface area contributed by atoms with E-state index in [9.17, 15) is 12.8 Å². The van der Waals surface area contributed by atoms with Crippen LogP contribution in [-0.4, -0.2) is 18.6 Å². The zero-order chi connectivity index (χ0) is 17.2. The first-order valence-electron chi connectivity index (χ1n) is 6.77. The van der Waals surface area contributed by atoms with Gasteiger partial charge in [0.25, 0.3) is 0 Å². The Hall–Kier alpha value is -2.29. The van der Waals surface area contributed by atoms with E-state index in [1.165, 1.54) is 12.1 Å². The Kier molecular flexibility index (Phi) is 4.61. The molecular formula is C15H11ClFN3O3S. The SMILES string of the molecule is O=S(=O)(NCc1nnc(-c2ccc(Cl)cc2)o1)c1ccc(F)cc1. The van der Waals surface area contributed by atoms with Crippen molar-refractivity contribution in [2.75, 3.05) is 0 Å². The van der Waals surface area contributed by atoms with Gasteiger partial charge in [-0.2, -0.15) is 0 Å². The van der Waals surface area contributed by atoms with Crippen molar-refractivity contribution >= 4 is 21.6 Å². The van der Waals surface area contributed by atoms with Crippen molar-refractivity contribution in [3.8, 4) is 11.5 Å². The van der Waals surface area contributed by atoms with E-state index in [4.69, 9.17) is 16.0 Å². The summed E-state index contributed by atoms with van der Waals surface area (Å²) in [4.78, 5) is -0.0543. The number of aromatic nitrogens is 2. The predicted octanol–water partition coefficient (Wildman–Crippen LogP) is 3.01. The van der Waals surface area contributed by atoms with Crippen LogP contribution in [0.5, 0.6) is 0 Å². The van der Waals surface area contributed by atoms with Crippen LogP contribution < -0.4 is 4.72 Å². The van der Waals surface area contributed by atoms with Crippen LogP contribution in [0.1, 0.15) is 5.89 Å². The number of nitrogens with zero attached hydrogens (tertiary/aromatic N) is 2. The van der Waals surface area contributed by atoms with Crippen LogP contribution in [0.4, 0.5) is 4.39 Å². The Bertz CT molecular complexity index is 941. The lowest BCUT2D eigenvalue weighted by molar-refractivity contribution is 0.494. The number of sulfonamides is 1. The lowest BCUT2D eigenvalue weighted by Gasteiger charge is -2.04. The molecular weight excluding hydrogens is 357 g/mol. The number of hydrogen-bond donors (Lipinski definition) is 1. The van der Waals surface area contributed by atoms with Gasteiger partial charge in [0.05, 0.1) is 11.4 Å². The standard InChI is InChI=1S/C15H11ClFN3O3S/c16-11-3-1-10(2-4-11)15-20-19-14(23-15)9-18-24(21,22)13-7-5-12(17)6-8-13/h1-8,18H,9H2. The summed E-state index contributed by atoms with van der Waals surface area (Å²) in [6.45, 7) is -0.180. The second-order valence-corrected chi connectivity index (χ2v) is 6.99. The van der Waals surface area contributed by atoms with Gasteiger partial charge >= 0.3 is 0 Å². The van der Waals surface area contributed by atoms with Gasteiger partial charge in [-0.3, -0.25) is 0 Å². The number of benzene rings is 2. The van der Waals surface area contributed by atoms with E-state index in [1.54, 1.807) is 24.3 Å². The molecule has 0 bridgehead atoms. The molecule has 0 radical (unpaired) electrons. The van der Waals surface area contributed by atoms with Gasteiger partial charge in [-0.1, -0.05) is 11.6 Å². The summed E-state index contributed by atoms with van der Waals surface area (Å²) in [6, 6.07) is 11.3. The van der Waals surface area contributed by atoms with Crippen LogP contribution >= 0.6 is 11.6 Å². The van der Waals surface area contributed by atoms with E-state index in [1.807, 2.05) is 0 Å². The van der Waals surface area contributed by atoms with Crippen LogP contribution in [0.3, 0.4) is 0 Å². The van der Waals surface area contributed by atoms with Crippen molar-refractivity contribution in [2.45, 2.75) is 11.4 Å². The quantitative estimate of drug-likeness (QED) is 0.749. The first-order chi connectivity index (χ1) is 11.4. The summed E-state index contributed by atoms with van der Waals surface area (Å²) in [5, 5.41) is 8.22. The third-order valence-corrected chi connectivity index (χ3v) is 4.76. The molecule has 6 nitrogen and oxygen atoms in total.